The highest BCUT2D eigenvalue weighted by atomic mass is 32.2. The van der Waals surface area contributed by atoms with Crippen LogP contribution in [0.3, 0.4) is 0 Å². The lowest BCUT2D eigenvalue weighted by Gasteiger charge is -2.07. The molecule has 6 nitrogen and oxygen atoms in total. The van der Waals surface area contributed by atoms with Gasteiger partial charge < -0.3 is 5.32 Å². The molecular formula is C14H16N4O2S. The van der Waals surface area contributed by atoms with Crippen LogP contribution >= 0.6 is 11.8 Å². The Morgan fingerprint density at radius 2 is 2.05 bits per heavy atom. The van der Waals surface area contributed by atoms with Crippen molar-refractivity contribution in [2.24, 2.45) is 0 Å². The van der Waals surface area contributed by atoms with Crippen LogP contribution in [0, 0.1) is 24.0 Å². The highest BCUT2D eigenvalue weighted by Crippen LogP contribution is 2.36. The van der Waals surface area contributed by atoms with Gasteiger partial charge in [-0.1, -0.05) is 17.8 Å². The van der Waals surface area contributed by atoms with Crippen LogP contribution in [0.2, 0.25) is 0 Å². The first kappa shape index (κ1) is 15.2. The van der Waals surface area contributed by atoms with Gasteiger partial charge in [0.1, 0.15) is 6.33 Å². The standard InChI is InChI=1S/C14H16N4O2S/c1-4-15-13-12(18(19)20)14(17-8-16-13)21-11-6-5-9(2)10(3)7-11/h5-8H,4H2,1-3H3,(H,15,16,17). The van der Waals surface area contributed by atoms with Gasteiger partial charge in [0.15, 0.2) is 5.03 Å². The molecule has 1 aromatic carbocycles. The highest BCUT2D eigenvalue weighted by Gasteiger charge is 2.23. The first-order valence-electron chi connectivity index (χ1n) is 6.51. The number of nitrogens with one attached hydrogen (secondary N) is 1. The van der Waals surface area contributed by atoms with Crippen LogP contribution in [0.4, 0.5) is 11.5 Å². The Bertz CT molecular complexity index is 676. The molecule has 0 unspecified atom stereocenters. The SMILES string of the molecule is CCNc1ncnc(Sc2ccc(C)c(C)c2)c1[N+](=O)[O-]. The van der Waals surface area contributed by atoms with Gasteiger partial charge in [-0.2, -0.15) is 0 Å². The lowest BCUT2D eigenvalue weighted by atomic mass is 10.1. The predicted molar refractivity (Wildman–Crippen MR) is 82.9 cm³/mol. The molecule has 110 valence electrons. The monoisotopic (exact) mass is 304 g/mol. The van der Waals surface area contributed by atoms with Gasteiger partial charge in [0.2, 0.25) is 5.82 Å². The van der Waals surface area contributed by atoms with Crippen molar-refractivity contribution < 1.29 is 4.92 Å². The molecule has 0 spiro atoms. The van der Waals surface area contributed by atoms with Crippen LogP contribution in [-0.2, 0) is 0 Å². The Labute approximate surface area is 127 Å². The van der Waals surface area contributed by atoms with E-state index in [1.54, 1.807) is 0 Å². The number of rotatable bonds is 5. The summed E-state index contributed by atoms with van der Waals surface area (Å²) in [6.45, 7) is 6.46. The second-order valence-electron chi connectivity index (χ2n) is 4.51. The van der Waals surface area contributed by atoms with E-state index >= 15 is 0 Å². The van der Waals surface area contributed by atoms with Crippen LogP contribution in [0.5, 0.6) is 0 Å². The summed E-state index contributed by atoms with van der Waals surface area (Å²) in [5.74, 6) is 0.254. The zero-order valence-corrected chi connectivity index (χ0v) is 12.9. The Morgan fingerprint density at radius 3 is 2.67 bits per heavy atom. The topological polar surface area (TPSA) is 81.0 Å². The average molecular weight is 304 g/mol. The summed E-state index contributed by atoms with van der Waals surface area (Å²) >= 11 is 1.27. The molecule has 0 aliphatic rings. The fraction of sp³-hybridized carbons (Fsp3) is 0.286. The van der Waals surface area contributed by atoms with Crippen molar-refractivity contribution in [1.82, 2.24) is 9.97 Å². The van der Waals surface area contributed by atoms with Crippen LogP contribution in [0.25, 0.3) is 0 Å². The molecule has 0 bridgehead atoms. The molecular weight excluding hydrogens is 288 g/mol. The van der Waals surface area contributed by atoms with Crippen LogP contribution in [0.1, 0.15) is 18.1 Å². The van der Waals surface area contributed by atoms with E-state index in [1.807, 2.05) is 39.0 Å². The van der Waals surface area contributed by atoms with Gasteiger partial charge in [-0.05, 0) is 44.0 Å². The van der Waals surface area contributed by atoms with Gasteiger partial charge in [-0.3, -0.25) is 10.1 Å². The number of hydrogen-bond donors (Lipinski definition) is 1. The molecule has 1 aromatic heterocycles. The summed E-state index contributed by atoms with van der Waals surface area (Å²) in [5, 5.41) is 14.5. The minimum Gasteiger partial charge on any atom is -0.364 e. The maximum atomic E-state index is 11.3. The van der Waals surface area contributed by atoms with Crippen molar-refractivity contribution in [2.45, 2.75) is 30.7 Å². The van der Waals surface area contributed by atoms with Crippen LogP contribution < -0.4 is 5.32 Å². The quantitative estimate of drug-likeness (QED) is 0.516. The molecule has 0 saturated heterocycles. The lowest BCUT2D eigenvalue weighted by Crippen LogP contribution is -2.05. The van der Waals surface area contributed by atoms with Crippen LogP contribution in [-0.4, -0.2) is 21.4 Å². The van der Waals surface area contributed by atoms with Crippen molar-refractivity contribution in [1.29, 1.82) is 0 Å². The number of nitrogens with zero attached hydrogens (tertiary/aromatic N) is 3. The summed E-state index contributed by atoms with van der Waals surface area (Å²) in [7, 11) is 0. The van der Waals surface area contributed by atoms with Gasteiger partial charge in [0.25, 0.3) is 0 Å². The maximum Gasteiger partial charge on any atom is 0.343 e. The number of aromatic nitrogens is 2. The Kier molecular flexibility index (Phi) is 4.74. The third-order valence-electron chi connectivity index (χ3n) is 3.01. The van der Waals surface area contributed by atoms with E-state index < -0.39 is 4.92 Å². The van der Waals surface area contributed by atoms with Gasteiger partial charge in [0, 0.05) is 11.4 Å². The van der Waals surface area contributed by atoms with E-state index in [1.165, 1.54) is 23.7 Å². The Morgan fingerprint density at radius 1 is 1.29 bits per heavy atom. The molecule has 1 heterocycles. The van der Waals surface area contributed by atoms with E-state index in [0.29, 0.717) is 11.6 Å². The van der Waals surface area contributed by atoms with E-state index in [-0.39, 0.29) is 11.5 Å². The molecule has 0 amide bonds. The molecule has 2 rings (SSSR count). The summed E-state index contributed by atoms with van der Waals surface area (Å²) in [5.41, 5.74) is 2.25. The average Bonchev–Trinajstić information content (AvgIpc) is 2.43. The molecule has 0 fully saturated rings. The van der Waals surface area contributed by atoms with Gasteiger partial charge in [-0.15, -0.1) is 0 Å². The molecule has 1 N–H and O–H groups in total. The first-order chi connectivity index (χ1) is 10.0. The number of anilines is 1. The fourth-order valence-corrected chi connectivity index (χ4v) is 2.75. The summed E-state index contributed by atoms with van der Waals surface area (Å²) < 4.78 is 0. The summed E-state index contributed by atoms with van der Waals surface area (Å²) in [4.78, 5) is 19.8. The second kappa shape index (κ2) is 6.53. The largest absolute Gasteiger partial charge is 0.364 e. The minimum atomic E-state index is -0.443. The lowest BCUT2D eigenvalue weighted by molar-refractivity contribution is -0.387. The minimum absolute atomic E-state index is 0.0809. The number of benzene rings is 1. The molecule has 2 aromatic rings. The van der Waals surface area contributed by atoms with E-state index in [0.717, 1.165) is 10.5 Å². The zero-order valence-electron chi connectivity index (χ0n) is 12.1. The van der Waals surface area contributed by atoms with Gasteiger partial charge >= 0.3 is 5.69 Å². The summed E-state index contributed by atoms with van der Waals surface area (Å²) in [6, 6.07) is 5.93. The van der Waals surface area contributed by atoms with Gasteiger partial charge in [0.05, 0.1) is 4.92 Å². The summed E-state index contributed by atoms with van der Waals surface area (Å²) in [6.07, 6.45) is 1.34. The van der Waals surface area contributed by atoms with Crippen molar-refractivity contribution in [2.75, 3.05) is 11.9 Å². The molecule has 0 radical (unpaired) electrons. The highest BCUT2D eigenvalue weighted by molar-refractivity contribution is 7.99. The van der Waals surface area contributed by atoms with Crippen molar-refractivity contribution >= 4 is 23.3 Å². The second-order valence-corrected chi connectivity index (χ2v) is 5.57. The number of nitro groups is 1. The Balaban J connectivity index is 2.41. The zero-order chi connectivity index (χ0) is 15.4. The first-order valence-corrected chi connectivity index (χ1v) is 7.33. The molecule has 0 saturated carbocycles. The predicted octanol–water partition coefficient (Wildman–Crippen LogP) is 3.58. The smallest absolute Gasteiger partial charge is 0.343 e. The molecule has 0 aliphatic heterocycles. The van der Waals surface area contributed by atoms with E-state index in [4.69, 9.17) is 0 Å². The molecule has 0 aliphatic carbocycles. The normalized spacial score (nSPS) is 10.4. The van der Waals surface area contributed by atoms with Crippen molar-refractivity contribution in [3.8, 4) is 0 Å². The number of aryl methyl sites for hydroxylation is 2. The maximum absolute atomic E-state index is 11.3. The number of hydrogen-bond acceptors (Lipinski definition) is 6. The van der Waals surface area contributed by atoms with Gasteiger partial charge in [-0.25, -0.2) is 9.97 Å². The van der Waals surface area contributed by atoms with Crippen molar-refractivity contribution in [3.05, 3.63) is 45.8 Å². The molecule has 21 heavy (non-hydrogen) atoms. The van der Waals surface area contributed by atoms with Crippen molar-refractivity contribution in [3.63, 3.8) is 0 Å². The third kappa shape index (κ3) is 3.49. The fourth-order valence-electron chi connectivity index (χ4n) is 1.79. The van der Waals surface area contributed by atoms with Crippen LogP contribution in [0.15, 0.2) is 34.4 Å². The molecule has 0 atom stereocenters. The third-order valence-corrected chi connectivity index (χ3v) is 3.99. The van der Waals surface area contributed by atoms with E-state index in [2.05, 4.69) is 15.3 Å². The molecule has 7 heteroatoms. The Hall–Kier alpha value is -2.15. The van der Waals surface area contributed by atoms with E-state index in [9.17, 15) is 10.1 Å².